The van der Waals surface area contributed by atoms with Crippen LogP contribution in [0.1, 0.15) is 23.5 Å². The van der Waals surface area contributed by atoms with Crippen molar-refractivity contribution in [2.45, 2.75) is 12.3 Å². The van der Waals surface area contributed by atoms with Gasteiger partial charge >= 0.3 is 0 Å². The fourth-order valence-electron chi connectivity index (χ4n) is 3.34. The molecule has 0 spiro atoms. The van der Waals surface area contributed by atoms with Crippen LogP contribution in [0.3, 0.4) is 0 Å². The number of morpholine rings is 1. The Kier molecular flexibility index (Phi) is 7.31. The van der Waals surface area contributed by atoms with Crippen molar-refractivity contribution in [1.29, 1.82) is 0 Å². The molecule has 0 aromatic heterocycles. The Bertz CT molecular complexity index is 612. The second kappa shape index (κ2) is 9.93. The topological polar surface area (TPSA) is 24.5 Å². The fraction of sp³-hybridized carbons (Fsp3) is 0.429. The predicted octanol–water partition coefficient (Wildman–Crippen LogP) is 3.78. The molecule has 0 saturated carbocycles. The number of nitrogens with one attached hydrogen (secondary N) is 1. The van der Waals surface area contributed by atoms with Gasteiger partial charge in [-0.2, -0.15) is 0 Å². The molecule has 2 aromatic rings. The van der Waals surface area contributed by atoms with Crippen LogP contribution in [0.5, 0.6) is 0 Å². The Labute approximate surface area is 155 Å². The monoisotopic (exact) mass is 358 g/mol. The summed E-state index contributed by atoms with van der Waals surface area (Å²) in [5.74, 6) is 0.398. The van der Waals surface area contributed by atoms with E-state index in [2.05, 4.69) is 52.7 Å². The maximum atomic E-state index is 6.06. The van der Waals surface area contributed by atoms with E-state index in [1.807, 2.05) is 12.1 Å². The van der Waals surface area contributed by atoms with Crippen molar-refractivity contribution < 1.29 is 4.74 Å². The Hall–Kier alpha value is -1.39. The molecule has 1 aliphatic heterocycles. The van der Waals surface area contributed by atoms with Crippen LogP contribution in [0.2, 0.25) is 5.02 Å². The van der Waals surface area contributed by atoms with Crippen LogP contribution in [0, 0.1) is 0 Å². The standard InChI is InChI=1S/C21H27ClN2O/c22-20-8-6-19(7-9-20)21(18-4-2-1-3-5-18)10-11-23-12-13-24-14-16-25-17-15-24/h1-9,21,23H,10-17H2/t21-/m1/s1. The first kappa shape index (κ1) is 18.4. The van der Waals surface area contributed by atoms with Crippen molar-refractivity contribution in [2.75, 3.05) is 45.9 Å². The first-order valence-electron chi connectivity index (χ1n) is 9.14. The Morgan fingerprint density at radius 2 is 1.60 bits per heavy atom. The molecular weight excluding hydrogens is 332 g/mol. The number of rotatable bonds is 8. The van der Waals surface area contributed by atoms with Gasteiger partial charge in [0.15, 0.2) is 0 Å². The second-order valence-corrected chi connectivity index (χ2v) is 6.94. The van der Waals surface area contributed by atoms with E-state index in [0.717, 1.165) is 57.4 Å². The summed E-state index contributed by atoms with van der Waals surface area (Å²) in [6, 6.07) is 19.0. The summed E-state index contributed by atoms with van der Waals surface area (Å²) < 4.78 is 5.39. The highest BCUT2D eigenvalue weighted by molar-refractivity contribution is 6.30. The summed E-state index contributed by atoms with van der Waals surface area (Å²) in [5, 5.41) is 4.40. The van der Waals surface area contributed by atoms with Crippen LogP contribution < -0.4 is 5.32 Å². The number of halogens is 1. The first-order valence-corrected chi connectivity index (χ1v) is 9.52. The van der Waals surface area contributed by atoms with Crippen LogP contribution in [0.25, 0.3) is 0 Å². The minimum absolute atomic E-state index is 0.398. The molecule has 1 fully saturated rings. The van der Waals surface area contributed by atoms with E-state index in [-0.39, 0.29) is 0 Å². The number of benzene rings is 2. The van der Waals surface area contributed by atoms with Gasteiger partial charge in [0.05, 0.1) is 13.2 Å². The highest BCUT2D eigenvalue weighted by Gasteiger charge is 2.14. The quantitative estimate of drug-likeness (QED) is 0.727. The maximum absolute atomic E-state index is 6.06. The summed E-state index contributed by atoms with van der Waals surface area (Å²) in [7, 11) is 0. The zero-order valence-corrected chi connectivity index (χ0v) is 15.4. The smallest absolute Gasteiger partial charge is 0.0594 e. The van der Waals surface area contributed by atoms with Gasteiger partial charge in [-0.1, -0.05) is 54.1 Å². The lowest BCUT2D eigenvalue weighted by Gasteiger charge is -2.26. The molecule has 3 rings (SSSR count). The van der Waals surface area contributed by atoms with E-state index in [9.17, 15) is 0 Å². The Morgan fingerprint density at radius 3 is 2.32 bits per heavy atom. The van der Waals surface area contributed by atoms with Gasteiger partial charge < -0.3 is 10.1 Å². The van der Waals surface area contributed by atoms with Gasteiger partial charge in [0.25, 0.3) is 0 Å². The highest BCUT2D eigenvalue weighted by Crippen LogP contribution is 2.28. The molecule has 1 saturated heterocycles. The first-order chi connectivity index (χ1) is 12.3. The zero-order chi connectivity index (χ0) is 17.3. The van der Waals surface area contributed by atoms with E-state index in [1.54, 1.807) is 0 Å². The summed E-state index contributed by atoms with van der Waals surface area (Å²) >= 11 is 6.06. The molecule has 3 nitrogen and oxygen atoms in total. The van der Waals surface area contributed by atoms with E-state index in [4.69, 9.17) is 16.3 Å². The van der Waals surface area contributed by atoms with Gasteiger partial charge in [0, 0.05) is 37.1 Å². The highest BCUT2D eigenvalue weighted by atomic mass is 35.5. The fourth-order valence-corrected chi connectivity index (χ4v) is 3.47. The third-order valence-corrected chi connectivity index (χ3v) is 5.04. The van der Waals surface area contributed by atoms with Crippen molar-refractivity contribution in [3.8, 4) is 0 Å². The van der Waals surface area contributed by atoms with E-state index < -0.39 is 0 Å². The number of nitrogens with zero attached hydrogens (tertiary/aromatic N) is 1. The maximum Gasteiger partial charge on any atom is 0.0594 e. The third-order valence-electron chi connectivity index (χ3n) is 4.79. The van der Waals surface area contributed by atoms with E-state index >= 15 is 0 Å². The molecule has 0 aliphatic carbocycles. The van der Waals surface area contributed by atoms with Crippen molar-refractivity contribution >= 4 is 11.6 Å². The number of hydrogen-bond acceptors (Lipinski definition) is 3. The van der Waals surface area contributed by atoms with Crippen molar-refractivity contribution in [1.82, 2.24) is 10.2 Å². The molecule has 2 aromatic carbocycles. The van der Waals surface area contributed by atoms with Crippen molar-refractivity contribution in [2.24, 2.45) is 0 Å². The van der Waals surface area contributed by atoms with Crippen LogP contribution in [-0.4, -0.2) is 50.8 Å². The SMILES string of the molecule is Clc1ccc([C@H](CCNCCN2CCOCC2)c2ccccc2)cc1. The second-order valence-electron chi connectivity index (χ2n) is 6.51. The van der Waals surface area contributed by atoms with Gasteiger partial charge in [0.2, 0.25) is 0 Å². The lowest BCUT2D eigenvalue weighted by atomic mass is 9.88. The lowest BCUT2D eigenvalue weighted by Crippen LogP contribution is -2.40. The van der Waals surface area contributed by atoms with Gasteiger partial charge in [0.1, 0.15) is 0 Å². The number of hydrogen-bond donors (Lipinski definition) is 1. The van der Waals surface area contributed by atoms with Crippen molar-refractivity contribution in [3.05, 3.63) is 70.7 Å². The van der Waals surface area contributed by atoms with Crippen LogP contribution in [-0.2, 0) is 4.74 Å². The number of ether oxygens (including phenoxy) is 1. The van der Waals surface area contributed by atoms with Crippen LogP contribution >= 0.6 is 11.6 Å². The molecule has 1 atom stereocenters. The average molecular weight is 359 g/mol. The molecule has 0 amide bonds. The molecule has 134 valence electrons. The summed E-state index contributed by atoms with van der Waals surface area (Å²) in [5.41, 5.74) is 2.69. The Morgan fingerprint density at radius 1 is 0.920 bits per heavy atom. The molecule has 1 heterocycles. The van der Waals surface area contributed by atoms with Gasteiger partial charge in [-0.3, -0.25) is 4.90 Å². The van der Waals surface area contributed by atoms with E-state index in [0.29, 0.717) is 5.92 Å². The average Bonchev–Trinajstić information content (AvgIpc) is 2.67. The molecule has 0 radical (unpaired) electrons. The Balaban J connectivity index is 1.52. The minimum Gasteiger partial charge on any atom is -0.379 e. The molecule has 0 bridgehead atoms. The van der Waals surface area contributed by atoms with Crippen LogP contribution in [0.15, 0.2) is 54.6 Å². The molecule has 25 heavy (non-hydrogen) atoms. The molecule has 1 N–H and O–H groups in total. The predicted molar refractivity (Wildman–Crippen MR) is 104 cm³/mol. The molecule has 1 aliphatic rings. The molecule has 4 heteroatoms. The molecular formula is C21H27ClN2O. The zero-order valence-electron chi connectivity index (χ0n) is 14.7. The lowest BCUT2D eigenvalue weighted by molar-refractivity contribution is 0.0384. The normalized spacial score (nSPS) is 16.7. The summed E-state index contributed by atoms with van der Waals surface area (Å²) in [4.78, 5) is 2.46. The van der Waals surface area contributed by atoms with E-state index in [1.165, 1.54) is 11.1 Å². The minimum atomic E-state index is 0.398. The largest absolute Gasteiger partial charge is 0.379 e. The summed E-state index contributed by atoms with van der Waals surface area (Å²) in [6.45, 7) is 6.98. The van der Waals surface area contributed by atoms with Gasteiger partial charge in [-0.15, -0.1) is 0 Å². The summed E-state index contributed by atoms with van der Waals surface area (Å²) in [6.07, 6.45) is 1.08. The van der Waals surface area contributed by atoms with Crippen molar-refractivity contribution in [3.63, 3.8) is 0 Å². The van der Waals surface area contributed by atoms with Gasteiger partial charge in [-0.05, 0) is 36.2 Å². The van der Waals surface area contributed by atoms with Crippen LogP contribution in [0.4, 0.5) is 0 Å². The van der Waals surface area contributed by atoms with Gasteiger partial charge in [-0.25, -0.2) is 0 Å². The molecule has 0 unspecified atom stereocenters. The third kappa shape index (κ3) is 5.82.